The van der Waals surface area contributed by atoms with Crippen LogP contribution >= 0.6 is 0 Å². The van der Waals surface area contributed by atoms with E-state index in [1.165, 1.54) is 104 Å². The van der Waals surface area contributed by atoms with Crippen molar-refractivity contribution in [1.29, 1.82) is 0 Å². The summed E-state index contributed by atoms with van der Waals surface area (Å²) < 4.78 is 0. The lowest BCUT2D eigenvalue weighted by Gasteiger charge is -2.39. The van der Waals surface area contributed by atoms with Gasteiger partial charge in [-0.05, 0) is 83.3 Å². The third-order valence-corrected chi connectivity index (χ3v) is 9.81. The van der Waals surface area contributed by atoms with Gasteiger partial charge in [-0.25, -0.2) is 0 Å². The summed E-state index contributed by atoms with van der Waals surface area (Å²) in [5.41, 5.74) is 22.3. The molecule has 2 heteroatoms. The van der Waals surface area contributed by atoms with Crippen molar-refractivity contribution in [3.8, 4) is 0 Å². The largest absolute Gasteiger partial charge is 0.399 e. The van der Waals surface area contributed by atoms with Crippen LogP contribution < -0.4 is 11.5 Å². The van der Waals surface area contributed by atoms with Gasteiger partial charge in [-0.3, -0.25) is 0 Å². The molecule has 1 saturated carbocycles. The second kappa shape index (κ2) is 14.1. The molecule has 2 atom stereocenters. The third-order valence-electron chi connectivity index (χ3n) is 9.81. The van der Waals surface area contributed by atoms with Gasteiger partial charge in [0.25, 0.3) is 0 Å². The van der Waals surface area contributed by atoms with Crippen LogP contribution in [0.4, 0.5) is 11.4 Å². The molecule has 0 bridgehead atoms. The Balaban J connectivity index is 1.45. The van der Waals surface area contributed by atoms with Crippen LogP contribution in [0.2, 0.25) is 0 Å². The maximum atomic E-state index is 6.02. The summed E-state index contributed by atoms with van der Waals surface area (Å²) in [4.78, 5) is 0. The van der Waals surface area contributed by atoms with Gasteiger partial charge in [-0.1, -0.05) is 132 Å². The average molecular weight is 559 g/mol. The quantitative estimate of drug-likeness (QED) is 0.170. The highest BCUT2D eigenvalue weighted by Gasteiger charge is 2.36. The zero-order valence-electron chi connectivity index (χ0n) is 25.8. The van der Waals surface area contributed by atoms with E-state index in [0.29, 0.717) is 11.8 Å². The number of nitrogen functional groups attached to an aromatic ring is 2. The summed E-state index contributed by atoms with van der Waals surface area (Å²) >= 11 is 0. The Morgan fingerprint density at radius 2 is 0.833 bits per heavy atom. The summed E-state index contributed by atoms with van der Waals surface area (Å²) in [6, 6.07) is 36.5. The molecule has 2 unspecified atom stereocenters. The molecule has 4 aromatic rings. The van der Waals surface area contributed by atoms with Gasteiger partial charge in [-0.15, -0.1) is 0 Å². The van der Waals surface area contributed by atoms with Crippen molar-refractivity contribution in [2.45, 2.75) is 102 Å². The lowest BCUT2D eigenvalue weighted by molar-refractivity contribution is 0.346. The molecule has 0 heterocycles. The number of hydrogen-bond acceptors (Lipinski definition) is 2. The monoisotopic (exact) mass is 558 g/mol. The van der Waals surface area contributed by atoms with Gasteiger partial charge in [0.1, 0.15) is 0 Å². The normalized spacial score (nSPS) is 16.1. The molecule has 1 aliphatic rings. The Morgan fingerprint density at radius 3 is 1.17 bits per heavy atom. The number of anilines is 2. The number of nitrogens with two attached hydrogens (primary N) is 2. The number of benzene rings is 4. The van der Waals surface area contributed by atoms with Gasteiger partial charge in [-0.2, -0.15) is 0 Å². The Hall–Kier alpha value is -3.52. The number of rotatable bonds is 12. The molecule has 0 aromatic heterocycles. The zero-order valence-corrected chi connectivity index (χ0v) is 25.8. The molecule has 42 heavy (non-hydrogen) atoms. The van der Waals surface area contributed by atoms with Crippen LogP contribution in [0.3, 0.4) is 0 Å². The molecule has 0 amide bonds. The third kappa shape index (κ3) is 6.75. The molecular formula is C40H50N2. The topological polar surface area (TPSA) is 52.0 Å². The van der Waals surface area contributed by atoms with E-state index in [4.69, 9.17) is 11.5 Å². The van der Waals surface area contributed by atoms with Crippen LogP contribution in [-0.4, -0.2) is 0 Å². The molecule has 0 saturated heterocycles. The first-order valence-electron chi connectivity index (χ1n) is 16.5. The van der Waals surface area contributed by atoms with E-state index in [-0.39, 0.29) is 5.41 Å². The maximum absolute atomic E-state index is 6.02. The van der Waals surface area contributed by atoms with Crippen LogP contribution in [0.5, 0.6) is 0 Å². The SMILES string of the molecule is CCCCC(c1ccc(N)cc1)c1ccc(C2(c3ccc(C(CCCC)c4ccc(N)cc4)cc3)CCCCC2)cc1. The first kappa shape index (κ1) is 30.0. The highest BCUT2D eigenvalue weighted by atomic mass is 14.5. The van der Waals surface area contributed by atoms with Gasteiger partial charge in [0.05, 0.1) is 0 Å². The molecule has 2 nitrogen and oxygen atoms in total. The van der Waals surface area contributed by atoms with Crippen molar-refractivity contribution in [2.75, 3.05) is 11.5 Å². The fraction of sp³-hybridized carbons (Fsp3) is 0.400. The van der Waals surface area contributed by atoms with Crippen molar-refractivity contribution < 1.29 is 0 Å². The molecule has 5 rings (SSSR count). The first-order valence-corrected chi connectivity index (χ1v) is 16.5. The fourth-order valence-electron chi connectivity index (χ4n) is 7.29. The Morgan fingerprint density at radius 1 is 0.500 bits per heavy atom. The van der Waals surface area contributed by atoms with Gasteiger partial charge in [0.2, 0.25) is 0 Å². The van der Waals surface area contributed by atoms with Gasteiger partial charge in [0.15, 0.2) is 0 Å². The molecule has 0 radical (unpaired) electrons. The van der Waals surface area contributed by atoms with Crippen molar-refractivity contribution >= 4 is 11.4 Å². The van der Waals surface area contributed by atoms with E-state index >= 15 is 0 Å². The van der Waals surface area contributed by atoms with Crippen LogP contribution in [0.1, 0.15) is 130 Å². The Bertz CT molecular complexity index is 1260. The molecule has 4 N–H and O–H groups in total. The zero-order chi connectivity index (χ0) is 29.4. The minimum absolute atomic E-state index is 0.0928. The standard InChI is InChI=1S/C40H50N2/c1-3-5-10-38(32-16-24-36(41)25-17-32)30-12-20-34(21-13-30)40(28-8-7-9-29-40)35-22-14-31(15-23-35)39(11-6-4-2)33-18-26-37(42)27-19-33/h12-27,38-39H,3-11,28-29,41-42H2,1-2H3. The first-order chi connectivity index (χ1) is 20.5. The van der Waals surface area contributed by atoms with Crippen molar-refractivity contribution in [3.63, 3.8) is 0 Å². The van der Waals surface area contributed by atoms with Crippen molar-refractivity contribution in [3.05, 3.63) is 130 Å². The highest BCUT2D eigenvalue weighted by Crippen LogP contribution is 2.46. The highest BCUT2D eigenvalue weighted by molar-refractivity contribution is 5.47. The number of hydrogen-bond donors (Lipinski definition) is 2. The minimum Gasteiger partial charge on any atom is -0.399 e. The van der Waals surface area contributed by atoms with E-state index in [0.717, 1.165) is 11.4 Å². The summed E-state index contributed by atoms with van der Waals surface area (Å²) in [5, 5.41) is 0. The lowest BCUT2D eigenvalue weighted by Crippen LogP contribution is -2.30. The van der Waals surface area contributed by atoms with Crippen molar-refractivity contribution in [1.82, 2.24) is 0 Å². The summed E-state index contributed by atoms with van der Waals surface area (Å²) in [7, 11) is 0. The fourth-order valence-corrected chi connectivity index (χ4v) is 7.29. The molecule has 1 fully saturated rings. The van der Waals surface area contributed by atoms with Crippen molar-refractivity contribution in [2.24, 2.45) is 0 Å². The predicted molar refractivity (Wildman–Crippen MR) is 181 cm³/mol. The smallest absolute Gasteiger partial charge is 0.0314 e. The summed E-state index contributed by atoms with van der Waals surface area (Å²) in [6.07, 6.45) is 13.6. The minimum atomic E-state index is 0.0928. The Kier molecular flexibility index (Phi) is 10.1. The van der Waals surface area contributed by atoms with E-state index in [9.17, 15) is 0 Å². The van der Waals surface area contributed by atoms with E-state index in [1.807, 2.05) is 24.3 Å². The average Bonchev–Trinajstić information content (AvgIpc) is 3.04. The van der Waals surface area contributed by atoms with E-state index < -0.39 is 0 Å². The molecule has 0 aliphatic heterocycles. The predicted octanol–water partition coefficient (Wildman–Crippen LogP) is 10.7. The number of unbranched alkanes of at least 4 members (excludes halogenated alkanes) is 2. The van der Waals surface area contributed by atoms with Gasteiger partial charge in [0, 0.05) is 28.6 Å². The van der Waals surface area contributed by atoms with E-state index in [1.54, 1.807) is 0 Å². The lowest BCUT2D eigenvalue weighted by atomic mass is 9.65. The maximum Gasteiger partial charge on any atom is 0.0314 e. The summed E-state index contributed by atoms with van der Waals surface area (Å²) in [5.74, 6) is 0.823. The second-order valence-electron chi connectivity index (χ2n) is 12.6. The Labute approximate surface area is 254 Å². The molecule has 220 valence electrons. The second-order valence-corrected chi connectivity index (χ2v) is 12.6. The van der Waals surface area contributed by atoms with Gasteiger partial charge >= 0.3 is 0 Å². The molecule has 0 spiro atoms. The van der Waals surface area contributed by atoms with E-state index in [2.05, 4.69) is 86.6 Å². The molecule has 1 aliphatic carbocycles. The van der Waals surface area contributed by atoms with Crippen LogP contribution in [0, 0.1) is 0 Å². The molecular weight excluding hydrogens is 508 g/mol. The van der Waals surface area contributed by atoms with Crippen LogP contribution in [0.25, 0.3) is 0 Å². The molecule has 4 aromatic carbocycles. The summed E-state index contributed by atoms with van der Waals surface area (Å²) in [6.45, 7) is 4.56. The van der Waals surface area contributed by atoms with Crippen LogP contribution in [0.15, 0.2) is 97.1 Å². The van der Waals surface area contributed by atoms with Gasteiger partial charge < -0.3 is 11.5 Å². The van der Waals surface area contributed by atoms with Crippen LogP contribution in [-0.2, 0) is 5.41 Å².